The summed E-state index contributed by atoms with van der Waals surface area (Å²) in [4.78, 5) is 11.4. The first kappa shape index (κ1) is 21.2. The minimum absolute atomic E-state index is 0.0651. The van der Waals surface area contributed by atoms with Crippen molar-refractivity contribution in [2.24, 2.45) is 22.7 Å². The van der Waals surface area contributed by atoms with E-state index in [2.05, 4.69) is 20.1 Å². The van der Waals surface area contributed by atoms with E-state index < -0.39 is 22.1 Å². The molecule has 1 N–H and O–H groups in total. The molecule has 0 aromatic rings. The number of hydrogen-bond donors (Lipinski definition) is 1. The number of aliphatic hydroxyl groups excluding tert-OH is 1. The van der Waals surface area contributed by atoms with Crippen molar-refractivity contribution in [3.8, 4) is 0 Å². The summed E-state index contributed by atoms with van der Waals surface area (Å²) in [5.41, 5.74) is -2.28. The van der Waals surface area contributed by atoms with Crippen molar-refractivity contribution >= 4 is 17.5 Å². The van der Waals surface area contributed by atoms with E-state index in [0.29, 0.717) is 19.3 Å². The van der Waals surface area contributed by atoms with Gasteiger partial charge in [-0.15, -0.1) is 11.8 Å². The summed E-state index contributed by atoms with van der Waals surface area (Å²) >= 11 is 1.68. The van der Waals surface area contributed by atoms with Crippen LogP contribution in [0.3, 0.4) is 0 Å². The van der Waals surface area contributed by atoms with E-state index in [-0.39, 0.29) is 35.4 Å². The monoisotopic (exact) mass is 436 g/mol. The van der Waals surface area contributed by atoms with Crippen molar-refractivity contribution in [1.82, 2.24) is 0 Å². The molecule has 166 valence electrons. The molecule has 4 aliphatic carbocycles. The maximum Gasteiger partial charge on any atom is 0.178 e. The Kier molecular flexibility index (Phi) is 4.70. The van der Waals surface area contributed by atoms with Gasteiger partial charge in [-0.05, 0) is 63.4 Å². The van der Waals surface area contributed by atoms with E-state index in [0.717, 1.165) is 24.8 Å². The predicted octanol–water partition coefficient (Wildman–Crippen LogP) is 4.57. The molecule has 0 aromatic heterocycles. The Morgan fingerprint density at radius 1 is 1.33 bits per heavy atom. The SMILES string of the molecule is CCC[C@@H]1O[C@@H]2C[C@H]3[C@@H]4CCC5=CC(=O)C=C[C@]5(C)[C@@]4(F)[C@@H](O)C[C@]3(C)[C@]2(SC)O1. The van der Waals surface area contributed by atoms with E-state index >= 15 is 4.39 Å². The fraction of sp³-hybridized carbons (Fsp3) is 0.792. The van der Waals surface area contributed by atoms with Crippen LogP contribution in [-0.4, -0.2) is 46.2 Å². The zero-order valence-electron chi connectivity index (χ0n) is 18.3. The zero-order chi connectivity index (χ0) is 21.5. The highest BCUT2D eigenvalue weighted by molar-refractivity contribution is 7.99. The van der Waals surface area contributed by atoms with Crippen LogP contribution in [0.25, 0.3) is 0 Å². The maximum atomic E-state index is 17.1. The van der Waals surface area contributed by atoms with Gasteiger partial charge in [-0.3, -0.25) is 4.79 Å². The highest BCUT2D eigenvalue weighted by atomic mass is 32.2. The van der Waals surface area contributed by atoms with Crippen LogP contribution in [0.2, 0.25) is 0 Å². The number of allylic oxidation sites excluding steroid dienone is 4. The summed E-state index contributed by atoms with van der Waals surface area (Å²) in [6.07, 6.45) is 9.70. The van der Waals surface area contributed by atoms with Crippen molar-refractivity contribution in [3.63, 3.8) is 0 Å². The number of fused-ring (bicyclic) bond motifs is 7. The van der Waals surface area contributed by atoms with Crippen LogP contribution < -0.4 is 0 Å². The molecule has 5 rings (SSSR count). The van der Waals surface area contributed by atoms with Gasteiger partial charge in [0.2, 0.25) is 0 Å². The van der Waals surface area contributed by atoms with Gasteiger partial charge in [-0.25, -0.2) is 4.39 Å². The summed E-state index contributed by atoms with van der Waals surface area (Å²) in [7, 11) is 0. The van der Waals surface area contributed by atoms with Gasteiger partial charge in [0.05, 0.1) is 12.2 Å². The molecule has 6 heteroatoms. The molecule has 9 atom stereocenters. The molecular formula is C24H33FO4S. The first-order valence-corrected chi connectivity index (χ1v) is 12.6. The van der Waals surface area contributed by atoms with Gasteiger partial charge in [-0.1, -0.05) is 31.9 Å². The lowest BCUT2D eigenvalue weighted by Gasteiger charge is -2.62. The summed E-state index contributed by atoms with van der Waals surface area (Å²) in [6.45, 7) is 6.17. The van der Waals surface area contributed by atoms with Gasteiger partial charge in [0, 0.05) is 16.7 Å². The molecule has 4 fully saturated rings. The lowest BCUT2D eigenvalue weighted by atomic mass is 9.45. The fourth-order valence-electron chi connectivity index (χ4n) is 7.69. The summed E-state index contributed by atoms with van der Waals surface area (Å²) in [6, 6.07) is 0. The van der Waals surface area contributed by atoms with E-state index in [9.17, 15) is 9.90 Å². The van der Waals surface area contributed by atoms with Crippen LogP contribution in [-0.2, 0) is 14.3 Å². The van der Waals surface area contributed by atoms with E-state index in [1.165, 1.54) is 6.08 Å². The van der Waals surface area contributed by atoms with E-state index in [4.69, 9.17) is 9.47 Å². The Hall–Kier alpha value is -0.690. The Bertz CT molecular complexity index is 828. The summed E-state index contributed by atoms with van der Waals surface area (Å²) < 4.78 is 30.1. The van der Waals surface area contributed by atoms with E-state index in [1.54, 1.807) is 23.9 Å². The molecule has 0 radical (unpaired) electrons. The van der Waals surface area contributed by atoms with Crippen LogP contribution in [0.15, 0.2) is 23.8 Å². The number of aliphatic hydroxyl groups is 1. The molecule has 3 saturated carbocycles. The van der Waals surface area contributed by atoms with Crippen molar-refractivity contribution in [2.75, 3.05) is 6.26 Å². The maximum absolute atomic E-state index is 17.1. The molecule has 0 bridgehead atoms. The van der Waals surface area contributed by atoms with Gasteiger partial charge >= 0.3 is 0 Å². The fourth-order valence-corrected chi connectivity index (χ4v) is 9.01. The summed E-state index contributed by atoms with van der Waals surface area (Å²) in [5, 5.41) is 11.4. The van der Waals surface area contributed by atoms with Crippen LogP contribution in [0.5, 0.6) is 0 Å². The molecule has 1 heterocycles. The first-order valence-electron chi connectivity index (χ1n) is 11.4. The standard InChI is InChI=1S/C24H33FO4S/c1-5-6-20-28-19-12-17-16-8-7-14-11-15(26)9-10-21(14,2)23(16,25)18(27)13-22(17,3)24(19,29-20)30-4/h9-11,16-20,27H,5-8,12-13H2,1-4H3/t16-,17-,18-,19+,20+,21-,22-,23-,24-/m0/s1. The second-order valence-electron chi connectivity index (χ2n) is 10.3. The van der Waals surface area contributed by atoms with Gasteiger partial charge in [0.25, 0.3) is 0 Å². The zero-order valence-corrected chi connectivity index (χ0v) is 19.1. The van der Waals surface area contributed by atoms with E-state index in [1.807, 2.05) is 6.92 Å². The van der Waals surface area contributed by atoms with Crippen molar-refractivity contribution in [3.05, 3.63) is 23.8 Å². The third kappa shape index (κ3) is 2.32. The average molecular weight is 437 g/mol. The number of carbonyl (C=O) groups is 1. The quantitative estimate of drug-likeness (QED) is 0.702. The molecule has 0 unspecified atom stereocenters. The normalized spacial score (nSPS) is 54.3. The van der Waals surface area contributed by atoms with Gasteiger partial charge in [0.1, 0.15) is 4.93 Å². The number of hydrogen-bond acceptors (Lipinski definition) is 5. The van der Waals surface area contributed by atoms with Crippen molar-refractivity contribution in [2.45, 2.75) is 88.4 Å². The third-order valence-corrected chi connectivity index (χ3v) is 10.6. The van der Waals surface area contributed by atoms with Crippen LogP contribution >= 0.6 is 11.8 Å². The number of rotatable bonds is 3. The number of thioether (sulfide) groups is 1. The minimum Gasteiger partial charge on any atom is -0.390 e. The van der Waals surface area contributed by atoms with Gasteiger partial charge in [0.15, 0.2) is 17.7 Å². The minimum atomic E-state index is -1.79. The lowest BCUT2D eigenvalue weighted by molar-refractivity contribution is -0.216. The molecule has 0 spiro atoms. The Labute approximate surface area is 182 Å². The molecular weight excluding hydrogens is 403 g/mol. The van der Waals surface area contributed by atoms with Crippen LogP contribution in [0, 0.1) is 22.7 Å². The Morgan fingerprint density at radius 2 is 2.10 bits per heavy atom. The predicted molar refractivity (Wildman–Crippen MR) is 115 cm³/mol. The highest BCUT2D eigenvalue weighted by Crippen LogP contribution is 2.73. The average Bonchev–Trinajstić information content (AvgIpc) is 3.16. The molecule has 1 saturated heterocycles. The number of carbonyl (C=O) groups excluding carboxylic acids is 1. The van der Waals surface area contributed by atoms with Crippen LogP contribution in [0.4, 0.5) is 4.39 Å². The molecule has 5 aliphatic rings. The van der Waals surface area contributed by atoms with Gasteiger partial charge in [-0.2, -0.15) is 0 Å². The molecule has 30 heavy (non-hydrogen) atoms. The molecule has 4 nitrogen and oxygen atoms in total. The molecule has 1 aliphatic heterocycles. The Morgan fingerprint density at radius 3 is 2.80 bits per heavy atom. The first-order chi connectivity index (χ1) is 14.2. The second kappa shape index (κ2) is 6.66. The number of ether oxygens (including phenoxy) is 2. The molecule has 0 aromatic carbocycles. The van der Waals surface area contributed by atoms with Crippen molar-refractivity contribution < 1.29 is 23.8 Å². The number of alkyl halides is 1. The summed E-state index contributed by atoms with van der Waals surface area (Å²) in [5.74, 6) is -0.312. The number of ketones is 1. The third-order valence-electron chi connectivity index (χ3n) is 9.17. The van der Waals surface area contributed by atoms with Crippen LogP contribution in [0.1, 0.15) is 59.3 Å². The topological polar surface area (TPSA) is 55.8 Å². The smallest absolute Gasteiger partial charge is 0.178 e. The highest BCUT2D eigenvalue weighted by Gasteiger charge is 2.77. The lowest BCUT2D eigenvalue weighted by Crippen LogP contribution is -2.68. The second-order valence-corrected chi connectivity index (χ2v) is 11.3. The van der Waals surface area contributed by atoms with Gasteiger partial charge < -0.3 is 14.6 Å². The molecule has 0 amide bonds. The number of halogens is 1. The largest absolute Gasteiger partial charge is 0.390 e. The Balaban J connectivity index is 1.56. The van der Waals surface area contributed by atoms with Crippen molar-refractivity contribution in [1.29, 1.82) is 0 Å².